The van der Waals surface area contributed by atoms with Crippen LogP contribution in [0.25, 0.3) is 10.9 Å². The molecule has 1 amide bonds. The highest BCUT2D eigenvalue weighted by Gasteiger charge is 2.23. The minimum absolute atomic E-state index is 0.153. The van der Waals surface area contributed by atoms with Crippen molar-refractivity contribution in [2.45, 2.75) is 43.5 Å². The number of hydrogen-bond donors (Lipinski definition) is 3. The fourth-order valence-electron chi connectivity index (χ4n) is 4.44. The molecule has 1 heterocycles. The molecule has 1 aliphatic rings. The van der Waals surface area contributed by atoms with Gasteiger partial charge in [0.25, 0.3) is 0 Å². The summed E-state index contributed by atoms with van der Waals surface area (Å²) in [6.07, 6.45) is 3.82. The summed E-state index contributed by atoms with van der Waals surface area (Å²) in [5, 5.41) is 7.39. The number of fused-ring (bicyclic) bond motifs is 1. The smallest absolute Gasteiger partial charge is 0.241 e. The molecule has 192 valence electrons. The Kier molecular flexibility index (Phi) is 8.05. The van der Waals surface area contributed by atoms with E-state index >= 15 is 0 Å². The van der Waals surface area contributed by atoms with Gasteiger partial charge in [-0.2, -0.15) is 4.98 Å². The van der Waals surface area contributed by atoms with Crippen LogP contribution in [0.4, 0.5) is 11.8 Å². The first kappa shape index (κ1) is 25.8. The summed E-state index contributed by atoms with van der Waals surface area (Å²) >= 11 is 0. The molecule has 0 aliphatic heterocycles. The largest absolute Gasteiger partial charge is 0.362 e. The van der Waals surface area contributed by atoms with E-state index in [4.69, 9.17) is 9.97 Å². The van der Waals surface area contributed by atoms with E-state index in [0.29, 0.717) is 18.4 Å². The summed E-state index contributed by atoms with van der Waals surface area (Å²) in [5.74, 6) is 1.55. The van der Waals surface area contributed by atoms with Gasteiger partial charge in [0.2, 0.25) is 21.9 Å². The second kappa shape index (κ2) is 11.2. The second-order valence-electron chi connectivity index (χ2n) is 9.59. The summed E-state index contributed by atoms with van der Waals surface area (Å²) in [6.45, 7) is 2.15. The number of hydrogen-bond acceptors (Lipinski definition) is 7. The third-order valence-electron chi connectivity index (χ3n) is 6.53. The molecule has 9 nitrogen and oxygen atoms in total. The SMILES string of the molecule is Cc1ccc(S(=O)(=O)NCC(=O)NCC2CCC(Nc3nc(N(C)C)c4ccccc4n3)CC2)cc1. The molecule has 4 rings (SSSR count). The van der Waals surface area contributed by atoms with Crippen molar-refractivity contribution in [2.75, 3.05) is 37.4 Å². The van der Waals surface area contributed by atoms with Crippen LogP contribution in [0.3, 0.4) is 0 Å². The quantitative estimate of drug-likeness (QED) is 0.405. The summed E-state index contributed by atoms with van der Waals surface area (Å²) in [5.41, 5.74) is 1.88. The van der Waals surface area contributed by atoms with Gasteiger partial charge in [0.1, 0.15) is 5.82 Å². The van der Waals surface area contributed by atoms with Crippen LogP contribution in [0.15, 0.2) is 53.4 Å². The van der Waals surface area contributed by atoms with Crippen LogP contribution >= 0.6 is 0 Å². The summed E-state index contributed by atoms with van der Waals surface area (Å²) in [7, 11) is 0.247. The Labute approximate surface area is 212 Å². The van der Waals surface area contributed by atoms with E-state index in [1.807, 2.05) is 50.2 Å². The van der Waals surface area contributed by atoms with Gasteiger partial charge in [-0.3, -0.25) is 4.79 Å². The lowest BCUT2D eigenvalue weighted by Gasteiger charge is -2.29. The molecule has 2 aromatic carbocycles. The number of carbonyl (C=O) groups excluding carboxylic acids is 1. The molecule has 1 saturated carbocycles. The normalized spacial score (nSPS) is 18.1. The average molecular weight is 511 g/mol. The maximum Gasteiger partial charge on any atom is 0.241 e. The predicted octanol–water partition coefficient (Wildman–Crippen LogP) is 3.07. The van der Waals surface area contributed by atoms with Crippen molar-refractivity contribution in [3.8, 4) is 0 Å². The standard InChI is InChI=1S/C26H34N6O3S/c1-18-8-14-21(15-9-18)36(34,35)28-17-24(33)27-16-19-10-12-20(13-11-19)29-26-30-23-7-5-4-6-22(23)25(31-26)32(2)3/h4-9,14-15,19-20,28H,10-13,16-17H2,1-3H3,(H,27,33)(H,29,30,31). The number of rotatable bonds is 9. The highest BCUT2D eigenvalue weighted by atomic mass is 32.2. The van der Waals surface area contributed by atoms with Gasteiger partial charge in [-0.05, 0) is 62.8 Å². The zero-order valence-electron chi connectivity index (χ0n) is 21.0. The summed E-state index contributed by atoms with van der Waals surface area (Å²) in [6, 6.07) is 14.8. The maximum atomic E-state index is 12.4. The third kappa shape index (κ3) is 6.50. The van der Waals surface area contributed by atoms with E-state index < -0.39 is 10.0 Å². The van der Waals surface area contributed by atoms with Gasteiger partial charge in [-0.1, -0.05) is 29.8 Å². The molecule has 0 unspecified atom stereocenters. The molecule has 3 N–H and O–H groups in total. The third-order valence-corrected chi connectivity index (χ3v) is 7.95. The molecule has 1 aliphatic carbocycles. The number of amides is 1. The molecule has 10 heteroatoms. The first-order valence-corrected chi connectivity index (χ1v) is 13.7. The number of aryl methyl sites for hydroxylation is 1. The molecule has 1 fully saturated rings. The average Bonchev–Trinajstić information content (AvgIpc) is 2.87. The monoisotopic (exact) mass is 510 g/mol. The molecular weight excluding hydrogens is 476 g/mol. The van der Waals surface area contributed by atoms with Gasteiger partial charge in [0.15, 0.2) is 0 Å². The number of carbonyl (C=O) groups is 1. The van der Waals surface area contributed by atoms with E-state index in [0.717, 1.165) is 48.0 Å². The van der Waals surface area contributed by atoms with Gasteiger partial charge >= 0.3 is 0 Å². The fourth-order valence-corrected chi connectivity index (χ4v) is 5.42. The lowest BCUT2D eigenvalue weighted by molar-refractivity contribution is -0.120. The minimum atomic E-state index is -3.71. The van der Waals surface area contributed by atoms with E-state index in [1.54, 1.807) is 12.1 Å². The maximum absolute atomic E-state index is 12.4. The molecule has 3 aromatic rings. The number of benzene rings is 2. The highest BCUT2D eigenvalue weighted by molar-refractivity contribution is 7.89. The van der Waals surface area contributed by atoms with E-state index in [-0.39, 0.29) is 23.4 Å². The van der Waals surface area contributed by atoms with Crippen LogP contribution in [0.5, 0.6) is 0 Å². The molecule has 0 radical (unpaired) electrons. The van der Waals surface area contributed by atoms with E-state index in [2.05, 4.69) is 15.4 Å². The first-order chi connectivity index (χ1) is 17.2. The van der Waals surface area contributed by atoms with Gasteiger partial charge in [0.05, 0.1) is 17.0 Å². The van der Waals surface area contributed by atoms with Crippen molar-refractivity contribution in [2.24, 2.45) is 5.92 Å². The number of aromatic nitrogens is 2. The van der Waals surface area contributed by atoms with Crippen LogP contribution in [0.1, 0.15) is 31.2 Å². The number of sulfonamides is 1. The van der Waals surface area contributed by atoms with Crippen LogP contribution in [-0.4, -0.2) is 57.5 Å². The van der Waals surface area contributed by atoms with Crippen LogP contribution < -0.4 is 20.3 Å². The van der Waals surface area contributed by atoms with Gasteiger partial charge in [0, 0.05) is 32.1 Å². The predicted molar refractivity (Wildman–Crippen MR) is 143 cm³/mol. The van der Waals surface area contributed by atoms with Crippen LogP contribution in [-0.2, 0) is 14.8 Å². The lowest BCUT2D eigenvalue weighted by Crippen LogP contribution is -2.40. The molecule has 0 bridgehead atoms. The zero-order chi connectivity index (χ0) is 25.7. The van der Waals surface area contributed by atoms with Gasteiger partial charge in [-0.25, -0.2) is 18.1 Å². The molecule has 1 aromatic heterocycles. The Balaban J connectivity index is 1.23. The molecular formula is C26H34N6O3S. The van der Waals surface area contributed by atoms with Gasteiger partial charge < -0.3 is 15.5 Å². The summed E-state index contributed by atoms with van der Waals surface area (Å²) < 4.78 is 27.1. The Morgan fingerprint density at radius 2 is 1.69 bits per heavy atom. The minimum Gasteiger partial charge on any atom is -0.362 e. The van der Waals surface area contributed by atoms with E-state index in [1.165, 1.54) is 12.1 Å². The zero-order valence-corrected chi connectivity index (χ0v) is 21.8. The molecule has 0 saturated heterocycles. The van der Waals surface area contributed by atoms with Crippen molar-refractivity contribution < 1.29 is 13.2 Å². The molecule has 36 heavy (non-hydrogen) atoms. The Hall–Kier alpha value is -3.24. The molecule has 0 spiro atoms. The van der Waals surface area contributed by atoms with E-state index in [9.17, 15) is 13.2 Å². The number of para-hydroxylation sites is 1. The highest BCUT2D eigenvalue weighted by Crippen LogP contribution is 2.28. The lowest BCUT2D eigenvalue weighted by atomic mass is 9.86. The molecule has 0 atom stereocenters. The van der Waals surface area contributed by atoms with Crippen LogP contribution in [0, 0.1) is 12.8 Å². The van der Waals surface area contributed by atoms with Crippen molar-refractivity contribution in [1.82, 2.24) is 20.0 Å². The van der Waals surface area contributed by atoms with Crippen molar-refractivity contribution in [3.05, 3.63) is 54.1 Å². The van der Waals surface area contributed by atoms with Crippen molar-refractivity contribution in [1.29, 1.82) is 0 Å². The Bertz CT molecular complexity index is 1300. The number of nitrogens with one attached hydrogen (secondary N) is 3. The Morgan fingerprint density at radius 3 is 2.39 bits per heavy atom. The van der Waals surface area contributed by atoms with Crippen molar-refractivity contribution in [3.63, 3.8) is 0 Å². The first-order valence-electron chi connectivity index (χ1n) is 12.2. The Morgan fingerprint density at radius 1 is 1.00 bits per heavy atom. The number of nitrogens with zero attached hydrogens (tertiary/aromatic N) is 3. The number of anilines is 2. The fraction of sp³-hybridized carbons (Fsp3) is 0.423. The topological polar surface area (TPSA) is 116 Å². The van der Waals surface area contributed by atoms with Crippen LogP contribution in [0.2, 0.25) is 0 Å². The second-order valence-corrected chi connectivity index (χ2v) is 11.4. The summed E-state index contributed by atoms with van der Waals surface area (Å²) in [4.78, 5) is 23.8. The van der Waals surface area contributed by atoms with Crippen molar-refractivity contribution >= 4 is 38.6 Å². The van der Waals surface area contributed by atoms with Gasteiger partial charge in [-0.15, -0.1) is 0 Å².